The van der Waals surface area contributed by atoms with E-state index >= 15 is 0 Å². The van der Waals surface area contributed by atoms with Gasteiger partial charge in [-0.1, -0.05) is 32.4 Å². The van der Waals surface area contributed by atoms with E-state index in [4.69, 9.17) is 9.72 Å². The number of nitrogens with one attached hydrogen (secondary N) is 1. The minimum atomic E-state index is -9.92. The Morgan fingerprint density at radius 3 is 2.32 bits per heavy atom. The molecular weight excluding hydrogens is 729 g/mol. The number of anilines is 2. The predicted molar refractivity (Wildman–Crippen MR) is 185 cm³/mol. The van der Waals surface area contributed by atoms with Crippen molar-refractivity contribution in [2.24, 2.45) is 5.41 Å². The van der Waals surface area contributed by atoms with Crippen LogP contribution in [0.1, 0.15) is 53.9 Å². The van der Waals surface area contributed by atoms with E-state index in [0.29, 0.717) is 31.2 Å². The van der Waals surface area contributed by atoms with Crippen LogP contribution < -0.4 is 15.8 Å². The summed E-state index contributed by atoms with van der Waals surface area (Å²) in [6.45, 7) is 4.94. The van der Waals surface area contributed by atoms with Crippen LogP contribution in [0.5, 0.6) is 5.75 Å². The van der Waals surface area contributed by atoms with E-state index in [1.165, 1.54) is 15.8 Å². The number of hydrogen-bond acceptors (Lipinski definition) is 10. The zero-order valence-corrected chi connectivity index (χ0v) is 29.5. The number of aromatic nitrogens is 6. The highest BCUT2D eigenvalue weighted by molar-refractivity contribution is 8.45. The van der Waals surface area contributed by atoms with Crippen molar-refractivity contribution in [2.75, 3.05) is 49.6 Å². The highest BCUT2D eigenvalue weighted by Gasteiger charge is 2.65. The van der Waals surface area contributed by atoms with Crippen LogP contribution in [0.3, 0.4) is 0 Å². The zero-order valence-electron chi connectivity index (χ0n) is 28.7. The van der Waals surface area contributed by atoms with Gasteiger partial charge >= 0.3 is 10.2 Å². The number of aromatic hydroxyl groups is 1. The largest absolute Gasteiger partial charge is 0.504 e. The Bertz CT molecular complexity index is 2230. The average molecular weight is 766 g/mol. The van der Waals surface area contributed by atoms with E-state index in [-0.39, 0.29) is 84.4 Å². The Kier molecular flexibility index (Phi) is 8.36. The van der Waals surface area contributed by atoms with Crippen LogP contribution in [0.2, 0.25) is 0 Å². The van der Waals surface area contributed by atoms with Crippen molar-refractivity contribution in [3.05, 3.63) is 69.9 Å². The number of halogens is 5. The normalized spacial score (nSPS) is 18.7. The molecule has 0 bridgehead atoms. The number of carbonyl (C=O) groups excluding carboxylic acids is 2. The van der Waals surface area contributed by atoms with E-state index in [9.17, 15) is 38.9 Å². The van der Waals surface area contributed by atoms with Crippen molar-refractivity contribution in [3.8, 4) is 5.75 Å². The third kappa shape index (κ3) is 6.92. The smallest absolute Gasteiger partial charge is 0.310 e. The van der Waals surface area contributed by atoms with Gasteiger partial charge in [0.25, 0.3) is 11.5 Å². The second kappa shape index (κ2) is 12.2. The summed E-state index contributed by atoms with van der Waals surface area (Å²) in [4.78, 5) is 54.7. The molecule has 0 radical (unpaired) electrons. The molecule has 20 heteroatoms. The molecule has 5 heterocycles. The standard InChI is InChI=1S/C33H36F5N9O5S/c1-3-24-27(44-12-14-45(15-13-44)30(50)26-28(49)20(2)39-19-40-26)31(51)47-32(42-29(43-47)21-8-10-33(11-9-21)17-52-18-33)46(24)16-25(48)41-22-4-6-23(7-5-22)53(34,35,36,37)38/h4-8,19,49H,3,9-18H2,1-2H3,(H,41,48). The Balaban J connectivity index is 1.22. The molecule has 1 spiro atoms. The third-order valence-corrected chi connectivity index (χ3v) is 11.1. The number of amides is 2. The minimum absolute atomic E-state index is 0.0635. The van der Waals surface area contributed by atoms with Crippen molar-refractivity contribution in [2.45, 2.75) is 51.0 Å². The summed E-state index contributed by atoms with van der Waals surface area (Å²) in [6.07, 6.45) is 5.72. The maximum atomic E-state index is 14.3. The van der Waals surface area contributed by atoms with Crippen LogP contribution in [0.15, 0.2) is 46.4 Å². The van der Waals surface area contributed by atoms with Gasteiger partial charge in [-0.2, -0.15) is 9.50 Å². The SMILES string of the molecule is CCc1c(N2CCN(C(=O)c3ncnc(C)c3O)CC2)c(=O)n2nc(C3=CCC4(CC3)COC4)nc2n1CC(=O)Nc1ccc(S(F)(F)(F)(F)F)cc1. The fourth-order valence-electron chi connectivity index (χ4n) is 6.91. The lowest BCUT2D eigenvalue weighted by molar-refractivity contribution is -0.116. The molecule has 2 aliphatic heterocycles. The van der Waals surface area contributed by atoms with Crippen molar-refractivity contribution < 1.29 is 38.9 Å². The maximum absolute atomic E-state index is 14.3. The Labute approximate surface area is 299 Å². The first-order valence-electron chi connectivity index (χ1n) is 16.8. The number of carbonyl (C=O) groups is 2. The molecule has 3 aliphatic rings. The van der Waals surface area contributed by atoms with E-state index in [1.807, 2.05) is 6.08 Å². The van der Waals surface area contributed by atoms with Gasteiger partial charge in [0.1, 0.15) is 23.5 Å². The Hall–Kier alpha value is -5.11. The van der Waals surface area contributed by atoms with Gasteiger partial charge < -0.3 is 29.5 Å². The van der Waals surface area contributed by atoms with Crippen molar-refractivity contribution in [1.82, 2.24) is 34.0 Å². The maximum Gasteiger partial charge on any atom is 0.310 e. The highest BCUT2D eigenvalue weighted by Crippen LogP contribution is 3.02. The molecule has 53 heavy (non-hydrogen) atoms. The van der Waals surface area contributed by atoms with Crippen LogP contribution in [0.25, 0.3) is 11.4 Å². The molecule has 2 saturated heterocycles. The summed E-state index contributed by atoms with van der Waals surface area (Å²) in [5.41, 5.74) is 1.02. The third-order valence-electron chi connectivity index (χ3n) is 9.95. The molecule has 0 atom stereocenters. The molecule has 1 aromatic carbocycles. The topological polar surface area (TPSA) is 160 Å². The molecule has 2 amide bonds. The van der Waals surface area contributed by atoms with Crippen LogP contribution >= 0.6 is 10.2 Å². The van der Waals surface area contributed by atoms with Crippen LogP contribution in [-0.2, 0) is 22.5 Å². The molecule has 3 aromatic heterocycles. The molecule has 14 nitrogen and oxygen atoms in total. The summed E-state index contributed by atoms with van der Waals surface area (Å²) in [5.74, 6) is -1.17. The first-order chi connectivity index (χ1) is 24.9. The predicted octanol–water partition coefficient (Wildman–Crippen LogP) is 5.10. The molecule has 2 fully saturated rings. The zero-order chi connectivity index (χ0) is 38.0. The summed E-state index contributed by atoms with van der Waals surface area (Å²) in [6, 6.07) is 1.91. The lowest BCUT2D eigenvalue weighted by atomic mass is 9.73. The second-order valence-electron chi connectivity index (χ2n) is 13.6. The molecule has 7 rings (SSSR count). The van der Waals surface area contributed by atoms with Gasteiger partial charge in [0.2, 0.25) is 11.7 Å². The number of benzene rings is 1. The van der Waals surface area contributed by atoms with Crippen molar-refractivity contribution in [3.63, 3.8) is 0 Å². The van der Waals surface area contributed by atoms with Gasteiger partial charge in [-0.25, -0.2) is 9.97 Å². The Morgan fingerprint density at radius 2 is 1.74 bits per heavy atom. The van der Waals surface area contributed by atoms with E-state index in [0.717, 1.165) is 35.1 Å². The van der Waals surface area contributed by atoms with Crippen molar-refractivity contribution >= 4 is 44.8 Å². The summed E-state index contributed by atoms with van der Waals surface area (Å²) >= 11 is 0. The first kappa shape index (κ1) is 36.3. The van der Waals surface area contributed by atoms with Gasteiger partial charge in [-0.05, 0) is 62.4 Å². The van der Waals surface area contributed by atoms with Gasteiger partial charge in [0.05, 0.1) is 24.6 Å². The minimum Gasteiger partial charge on any atom is -0.504 e. The molecule has 2 N–H and O–H groups in total. The number of hydrogen-bond donors (Lipinski definition) is 2. The fourth-order valence-corrected chi connectivity index (χ4v) is 7.56. The summed E-state index contributed by atoms with van der Waals surface area (Å²) in [7, 11) is -9.92. The fraction of sp³-hybridized carbons (Fsp3) is 0.424. The number of rotatable bonds is 8. The number of allylic oxidation sites excluding steroid dienone is 2. The van der Waals surface area contributed by atoms with Gasteiger partial charge in [-0.15, -0.1) is 5.10 Å². The van der Waals surface area contributed by atoms with E-state index < -0.39 is 39.0 Å². The number of ether oxygens (including phenoxy) is 1. The van der Waals surface area contributed by atoms with E-state index in [2.05, 4.69) is 20.4 Å². The van der Waals surface area contributed by atoms with Crippen LogP contribution in [-0.4, -0.2) is 90.3 Å². The van der Waals surface area contributed by atoms with Crippen LogP contribution in [0.4, 0.5) is 30.8 Å². The molecule has 1 aliphatic carbocycles. The Morgan fingerprint density at radius 1 is 1.04 bits per heavy atom. The molecule has 284 valence electrons. The average Bonchev–Trinajstić information content (AvgIpc) is 3.55. The number of aryl methyl sites for hydroxylation is 1. The lowest BCUT2D eigenvalue weighted by Gasteiger charge is -2.43. The second-order valence-corrected chi connectivity index (χ2v) is 16.0. The van der Waals surface area contributed by atoms with E-state index in [1.54, 1.807) is 18.7 Å². The van der Waals surface area contributed by atoms with Gasteiger partial charge in [0, 0.05) is 37.3 Å². The lowest BCUT2D eigenvalue weighted by Crippen LogP contribution is -2.51. The molecule has 4 aromatic rings. The van der Waals surface area contributed by atoms with Gasteiger partial charge in [-0.3, -0.25) is 14.4 Å². The monoisotopic (exact) mass is 765 g/mol. The number of piperazine rings is 1. The molecular formula is C33H36F5N9O5S. The van der Waals surface area contributed by atoms with Gasteiger partial charge in [0.15, 0.2) is 17.3 Å². The molecule has 0 saturated carbocycles. The first-order valence-corrected chi connectivity index (χ1v) is 18.8. The molecule has 0 unspecified atom stereocenters. The summed E-state index contributed by atoms with van der Waals surface area (Å²) < 4.78 is 74.4. The highest BCUT2D eigenvalue weighted by atomic mass is 32.5. The number of fused-ring (bicyclic) bond motifs is 1. The van der Waals surface area contributed by atoms with Crippen LogP contribution in [0, 0.1) is 12.3 Å². The summed E-state index contributed by atoms with van der Waals surface area (Å²) in [5, 5.41) is 17.4. The quantitative estimate of drug-likeness (QED) is 0.231. The van der Waals surface area contributed by atoms with Crippen molar-refractivity contribution in [1.29, 1.82) is 0 Å². The number of nitrogens with zero attached hydrogens (tertiary/aromatic N) is 8.